The van der Waals surface area contributed by atoms with Gasteiger partial charge in [0.1, 0.15) is 5.82 Å². The van der Waals surface area contributed by atoms with Crippen LogP contribution in [0, 0.1) is 5.82 Å². The van der Waals surface area contributed by atoms with Crippen LogP contribution in [0.2, 0.25) is 0 Å². The van der Waals surface area contributed by atoms with Gasteiger partial charge in [-0.25, -0.2) is 4.39 Å². The molecule has 0 atom stereocenters. The van der Waals surface area contributed by atoms with Crippen LogP contribution in [0.1, 0.15) is 15.9 Å². The minimum atomic E-state index is -4.65. The van der Waals surface area contributed by atoms with Gasteiger partial charge < -0.3 is 0 Å². The SMILES string of the molecule is CSc1ccc(C(=O)C(=CC(F)(F)F)c2ccc(F)cc2)cc1. The lowest BCUT2D eigenvalue weighted by Gasteiger charge is -2.10. The number of halogens is 4. The van der Waals surface area contributed by atoms with Crippen molar-refractivity contribution in [1.29, 1.82) is 0 Å². The van der Waals surface area contributed by atoms with E-state index in [-0.39, 0.29) is 17.2 Å². The van der Waals surface area contributed by atoms with Crippen LogP contribution in [-0.4, -0.2) is 18.2 Å². The predicted octanol–water partition coefficient (Wildman–Crippen LogP) is 5.38. The molecule has 0 saturated heterocycles. The monoisotopic (exact) mass is 340 g/mol. The Kier molecular flexibility index (Phi) is 5.26. The molecule has 2 aromatic rings. The third kappa shape index (κ3) is 4.69. The summed E-state index contributed by atoms with van der Waals surface area (Å²) in [6, 6.07) is 10.6. The second-order valence-corrected chi connectivity index (χ2v) is 5.54. The van der Waals surface area contributed by atoms with E-state index in [1.54, 1.807) is 12.1 Å². The summed E-state index contributed by atoms with van der Waals surface area (Å²) in [6.45, 7) is 0. The van der Waals surface area contributed by atoms with E-state index in [0.717, 1.165) is 29.2 Å². The molecule has 0 aliphatic heterocycles. The first-order valence-corrected chi connectivity index (χ1v) is 7.77. The van der Waals surface area contributed by atoms with Gasteiger partial charge in [-0.05, 0) is 48.2 Å². The zero-order valence-corrected chi connectivity index (χ0v) is 12.8. The van der Waals surface area contributed by atoms with Gasteiger partial charge in [-0.1, -0.05) is 12.1 Å². The van der Waals surface area contributed by atoms with Crippen LogP contribution < -0.4 is 0 Å². The molecule has 6 heteroatoms. The normalized spacial score (nSPS) is 12.3. The van der Waals surface area contributed by atoms with Gasteiger partial charge in [0.2, 0.25) is 0 Å². The summed E-state index contributed by atoms with van der Waals surface area (Å²) >= 11 is 1.46. The lowest BCUT2D eigenvalue weighted by molar-refractivity contribution is -0.0793. The maximum atomic E-state index is 13.0. The Balaban J connectivity index is 2.46. The van der Waals surface area contributed by atoms with Crippen molar-refractivity contribution in [1.82, 2.24) is 0 Å². The van der Waals surface area contributed by atoms with E-state index in [9.17, 15) is 22.4 Å². The summed E-state index contributed by atoms with van der Waals surface area (Å²) in [5.74, 6) is -1.35. The average Bonchev–Trinajstić information content (AvgIpc) is 2.52. The van der Waals surface area contributed by atoms with Gasteiger partial charge in [-0.15, -0.1) is 11.8 Å². The van der Waals surface area contributed by atoms with Crippen molar-refractivity contribution in [2.75, 3.05) is 6.26 Å². The summed E-state index contributed by atoms with van der Waals surface area (Å²) in [5.41, 5.74) is -0.361. The summed E-state index contributed by atoms with van der Waals surface area (Å²) in [5, 5.41) is 0. The highest BCUT2D eigenvalue weighted by atomic mass is 32.2. The smallest absolute Gasteiger partial charge is 0.289 e. The molecular formula is C17H12F4OS. The Bertz CT molecular complexity index is 716. The molecule has 0 aliphatic rings. The van der Waals surface area contributed by atoms with Crippen LogP contribution in [0.4, 0.5) is 17.6 Å². The minimum absolute atomic E-state index is 0.0164. The molecule has 0 aromatic heterocycles. The number of carbonyl (C=O) groups is 1. The quantitative estimate of drug-likeness (QED) is 0.322. The van der Waals surface area contributed by atoms with Crippen LogP contribution in [0.5, 0.6) is 0 Å². The van der Waals surface area contributed by atoms with Gasteiger partial charge in [0, 0.05) is 22.1 Å². The number of Topliss-reactive ketones (excluding diaryl/α,β-unsaturated/α-hetero) is 1. The van der Waals surface area contributed by atoms with Crippen LogP contribution in [-0.2, 0) is 0 Å². The first kappa shape index (κ1) is 17.3. The Morgan fingerprint density at radius 2 is 1.48 bits per heavy atom. The van der Waals surface area contributed by atoms with Crippen molar-refractivity contribution in [2.45, 2.75) is 11.1 Å². The molecule has 0 amide bonds. The molecule has 0 fully saturated rings. The van der Waals surface area contributed by atoms with Crippen molar-refractivity contribution in [2.24, 2.45) is 0 Å². The minimum Gasteiger partial charge on any atom is -0.289 e. The molecule has 0 heterocycles. The molecule has 1 nitrogen and oxygen atoms in total. The number of allylic oxidation sites excluding steroid dienone is 2. The highest BCUT2D eigenvalue weighted by Crippen LogP contribution is 2.28. The van der Waals surface area contributed by atoms with Crippen molar-refractivity contribution in [3.8, 4) is 0 Å². The zero-order valence-electron chi connectivity index (χ0n) is 12.0. The summed E-state index contributed by atoms with van der Waals surface area (Å²) < 4.78 is 51.2. The number of hydrogen-bond donors (Lipinski definition) is 0. The lowest BCUT2D eigenvalue weighted by Crippen LogP contribution is -2.09. The number of alkyl halides is 3. The number of thioether (sulfide) groups is 1. The second kappa shape index (κ2) is 7.00. The van der Waals surface area contributed by atoms with E-state index in [1.807, 2.05) is 6.26 Å². The van der Waals surface area contributed by atoms with Gasteiger partial charge >= 0.3 is 6.18 Å². The van der Waals surface area contributed by atoms with E-state index < -0.39 is 23.3 Å². The van der Waals surface area contributed by atoms with Gasteiger partial charge in [0.25, 0.3) is 0 Å². The summed E-state index contributed by atoms with van der Waals surface area (Å²) in [6.07, 6.45) is -2.85. The number of rotatable bonds is 4. The molecule has 0 unspecified atom stereocenters. The number of carbonyl (C=O) groups excluding carboxylic acids is 1. The van der Waals surface area contributed by atoms with Crippen molar-refractivity contribution in [3.63, 3.8) is 0 Å². The topological polar surface area (TPSA) is 17.1 Å². The first-order valence-electron chi connectivity index (χ1n) is 6.54. The highest BCUT2D eigenvalue weighted by Gasteiger charge is 2.28. The zero-order chi connectivity index (χ0) is 17.0. The van der Waals surface area contributed by atoms with E-state index in [1.165, 1.54) is 23.9 Å². The Labute approximate surface area is 135 Å². The fourth-order valence-corrected chi connectivity index (χ4v) is 2.38. The molecule has 0 spiro atoms. The first-order chi connectivity index (χ1) is 10.8. The van der Waals surface area contributed by atoms with Gasteiger partial charge in [0.05, 0.1) is 0 Å². The third-order valence-electron chi connectivity index (χ3n) is 3.06. The van der Waals surface area contributed by atoms with Gasteiger partial charge in [-0.3, -0.25) is 4.79 Å². The average molecular weight is 340 g/mol. The van der Waals surface area contributed by atoms with Crippen molar-refractivity contribution in [3.05, 3.63) is 71.6 Å². The highest BCUT2D eigenvalue weighted by molar-refractivity contribution is 7.98. The molecule has 2 aromatic carbocycles. The van der Waals surface area contributed by atoms with Crippen molar-refractivity contribution < 1.29 is 22.4 Å². The fraction of sp³-hybridized carbons (Fsp3) is 0.118. The van der Waals surface area contributed by atoms with Crippen LogP contribution >= 0.6 is 11.8 Å². The van der Waals surface area contributed by atoms with E-state index in [2.05, 4.69) is 0 Å². The Morgan fingerprint density at radius 3 is 1.96 bits per heavy atom. The molecule has 2 rings (SSSR count). The number of benzene rings is 2. The summed E-state index contributed by atoms with van der Waals surface area (Å²) in [7, 11) is 0. The number of hydrogen-bond acceptors (Lipinski definition) is 2. The molecular weight excluding hydrogens is 328 g/mol. The molecule has 0 radical (unpaired) electrons. The van der Waals surface area contributed by atoms with Crippen LogP contribution in [0.15, 0.2) is 59.5 Å². The van der Waals surface area contributed by atoms with Crippen molar-refractivity contribution >= 4 is 23.1 Å². The standard InChI is InChI=1S/C17H12F4OS/c1-23-14-8-4-12(5-9-14)16(22)15(10-17(19,20)21)11-2-6-13(18)7-3-11/h2-10H,1H3. The largest absolute Gasteiger partial charge is 0.410 e. The molecule has 23 heavy (non-hydrogen) atoms. The second-order valence-electron chi connectivity index (χ2n) is 4.66. The molecule has 0 N–H and O–H groups in total. The molecule has 120 valence electrons. The van der Waals surface area contributed by atoms with Gasteiger partial charge in [-0.2, -0.15) is 13.2 Å². The third-order valence-corrected chi connectivity index (χ3v) is 3.80. The van der Waals surface area contributed by atoms with E-state index >= 15 is 0 Å². The Hall–Kier alpha value is -2.08. The van der Waals surface area contributed by atoms with Crippen LogP contribution in [0.25, 0.3) is 5.57 Å². The lowest BCUT2D eigenvalue weighted by atomic mass is 9.96. The predicted molar refractivity (Wildman–Crippen MR) is 83.0 cm³/mol. The molecule has 0 aliphatic carbocycles. The fourth-order valence-electron chi connectivity index (χ4n) is 1.97. The molecule has 0 bridgehead atoms. The van der Waals surface area contributed by atoms with Crippen LogP contribution in [0.3, 0.4) is 0 Å². The van der Waals surface area contributed by atoms with E-state index in [0.29, 0.717) is 0 Å². The maximum absolute atomic E-state index is 13.0. The van der Waals surface area contributed by atoms with Gasteiger partial charge in [0.15, 0.2) is 5.78 Å². The van der Waals surface area contributed by atoms with E-state index in [4.69, 9.17) is 0 Å². The maximum Gasteiger partial charge on any atom is 0.410 e. The molecule has 0 saturated carbocycles. The summed E-state index contributed by atoms with van der Waals surface area (Å²) in [4.78, 5) is 13.3. The Morgan fingerprint density at radius 1 is 0.957 bits per heavy atom. The number of ketones is 1.